The van der Waals surface area contributed by atoms with Crippen LogP contribution in [0.1, 0.15) is 16.1 Å². The van der Waals surface area contributed by atoms with Crippen LogP contribution in [0.15, 0.2) is 36.4 Å². The van der Waals surface area contributed by atoms with E-state index < -0.39 is 5.91 Å². The Morgan fingerprint density at radius 1 is 1.09 bits per heavy atom. The van der Waals surface area contributed by atoms with Crippen LogP contribution < -0.4 is 5.73 Å². The minimum atomic E-state index is -0.450. The van der Waals surface area contributed by atoms with E-state index in [1.165, 1.54) is 0 Å². The second-order valence-electron chi connectivity index (χ2n) is 5.25. The summed E-state index contributed by atoms with van der Waals surface area (Å²) in [6.07, 6.45) is 0. The van der Waals surface area contributed by atoms with Crippen LogP contribution in [0, 0.1) is 6.92 Å². The van der Waals surface area contributed by atoms with Gasteiger partial charge in [-0.3, -0.25) is 4.79 Å². The van der Waals surface area contributed by atoms with E-state index in [0.717, 1.165) is 27.6 Å². The maximum Gasteiger partial charge on any atom is 0.265 e. The number of benzene rings is 2. The summed E-state index contributed by atoms with van der Waals surface area (Å²) in [4.78, 5) is 11.7. The van der Waals surface area contributed by atoms with Gasteiger partial charge in [-0.15, -0.1) is 0 Å². The topological polar surface area (TPSA) is 48.0 Å². The predicted octanol–water partition coefficient (Wildman–Crippen LogP) is 4.56. The molecule has 2 aromatic carbocycles. The lowest BCUT2D eigenvalue weighted by atomic mass is 10.0. The minimum Gasteiger partial charge on any atom is -0.364 e. The van der Waals surface area contributed by atoms with Crippen LogP contribution >= 0.6 is 23.2 Å². The van der Waals surface area contributed by atoms with Gasteiger partial charge in [-0.2, -0.15) is 0 Å². The van der Waals surface area contributed by atoms with E-state index >= 15 is 0 Å². The zero-order valence-corrected chi connectivity index (χ0v) is 13.7. The van der Waals surface area contributed by atoms with Crippen molar-refractivity contribution in [3.63, 3.8) is 0 Å². The molecule has 0 spiro atoms. The van der Waals surface area contributed by atoms with Crippen LogP contribution in [-0.2, 0) is 7.05 Å². The SMILES string of the molecule is Cc1c(C(N)=O)n(C)c2c(-c3ccc(Cl)cc3)cc(Cl)cc12. The highest BCUT2D eigenvalue weighted by atomic mass is 35.5. The van der Waals surface area contributed by atoms with Crippen molar-refractivity contribution in [2.45, 2.75) is 6.92 Å². The molecule has 3 nitrogen and oxygen atoms in total. The highest BCUT2D eigenvalue weighted by molar-refractivity contribution is 6.32. The summed E-state index contributed by atoms with van der Waals surface area (Å²) in [5.74, 6) is -0.450. The van der Waals surface area contributed by atoms with Crippen molar-refractivity contribution >= 4 is 40.0 Å². The quantitative estimate of drug-likeness (QED) is 0.734. The molecule has 0 aliphatic carbocycles. The normalized spacial score (nSPS) is 11.1. The van der Waals surface area contributed by atoms with Gasteiger partial charge < -0.3 is 10.3 Å². The van der Waals surface area contributed by atoms with Gasteiger partial charge in [-0.25, -0.2) is 0 Å². The van der Waals surface area contributed by atoms with Gasteiger partial charge in [0, 0.05) is 28.0 Å². The molecule has 0 radical (unpaired) electrons. The first-order chi connectivity index (χ1) is 10.4. The summed E-state index contributed by atoms with van der Waals surface area (Å²) in [6.45, 7) is 1.88. The Morgan fingerprint density at radius 3 is 2.32 bits per heavy atom. The fraction of sp³-hybridized carbons (Fsp3) is 0.118. The largest absolute Gasteiger partial charge is 0.364 e. The van der Waals surface area contributed by atoms with Gasteiger partial charge >= 0.3 is 0 Å². The van der Waals surface area contributed by atoms with Crippen molar-refractivity contribution in [2.75, 3.05) is 0 Å². The lowest BCUT2D eigenvalue weighted by Crippen LogP contribution is -2.16. The van der Waals surface area contributed by atoms with Gasteiger partial charge in [-0.1, -0.05) is 35.3 Å². The van der Waals surface area contributed by atoms with E-state index in [0.29, 0.717) is 15.7 Å². The van der Waals surface area contributed by atoms with Gasteiger partial charge in [0.05, 0.1) is 5.52 Å². The third kappa shape index (κ3) is 2.27. The van der Waals surface area contributed by atoms with E-state index in [9.17, 15) is 4.79 Å². The first-order valence-electron chi connectivity index (χ1n) is 6.74. The second-order valence-corrected chi connectivity index (χ2v) is 6.13. The average molecular weight is 333 g/mol. The van der Waals surface area contributed by atoms with Gasteiger partial charge in [0.1, 0.15) is 5.69 Å². The predicted molar refractivity (Wildman–Crippen MR) is 91.6 cm³/mol. The molecular weight excluding hydrogens is 319 g/mol. The molecule has 1 amide bonds. The van der Waals surface area contributed by atoms with Gasteiger partial charge in [0.2, 0.25) is 0 Å². The number of primary amides is 1. The van der Waals surface area contributed by atoms with Crippen molar-refractivity contribution in [1.29, 1.82) is 0 Å². The number of hydrogen-bond acceptors (Lipinski definition) is 1. The van der Waals surface area contributed by atoms with E-state index in [1.807, 2.05) is 54.9 Å². The molecule has 5 heteroatoms. The summed E-state index contributed by atoms with van der Waals surface area (Å²) < 4.78 is 1.83. The molecule has 0 aliphatic heterocycles. The average Bonchev–Trinajstić information content (AvgIpc) is 2.70. The molecule has 0 saturated heterocycles. The first-order valence-corrected chi connectivity index (χ1v) is 7.50. The molecule has 1 heterocycles. The molecule has 0 saturated carbocycles. The molecular formula is C17H14Cl2N2O. The highest BCUT2D eigenvalue weighted by Crippen LogP contribution is 2.36. The highest BCUT2D eigenvalue weighted by Gasteiger charge is 2.19. The fourth-order valence-electron chi connectivity index (χ4n) is 2.94. The number of hydrogen-bond donors (Lipinski definition) is 1. The summed E-state index contributed by atoms with van der Waals surface area (Å²) in [5, 5.41) is 2.21. The molecule has 3 aromatic rings. The maximum absolute atomic E-state index is 11.7. The van der Waals surface area contributed by atoms with Crippen LogP contribution in [-0.4, -0.2) is 10.5 Å². The number of amides is 1. The zero-order chi connectivity index (χ0) is 16.0. The Labute approximate surface area is 138 Å². The Kier molecular flexibility index (Phi) is 3.63. The monoisotopic (exact) mass is 332 g/mol. The number of aromatic nitrogens is 1. The number of nitrogens with zero attached hydrogens (tertiary/aromatic N) is 1. The molecule has 1 aromatic heterocycles. The van der Waals surface area contributed by atoms with Crippen molar-refractivity contribution in [2.24, 2.45) is 12.8 Å². The fourth-order valence-corrected chi connectivity index (χ4v) is 3.28. The maximum atomic E-state index is 11.7. The molecule has 0 unspecified atom stereocenters. The zero-order valence-electron chi connectivity index (χ0n) is 12.2. The van der Waals surface area contributed by atoms with Crippen molar-refractivity contribution in [3.05, 3.63) is 57.7 Å². The second kappa shape index (κ2) is 5.34. The molecule has 3 rings (SSSR count). The summed E-state index contributed by atoms with van der Waals surface area (Å²) in [6, 6.07) is 11.3. The van der Waals surface area contributed by atoms with E-state index in [-0.39, 0.29) is 0 Å². The first kappa shape index (κ1) is 14.9. The molecule has 0 aliphatic rings. The Morgan fingerprint density at radius 2 is 1.73 bits per heavy atom. The van der Waals surface area contributed by atoms with Crippen LogP contribution in [0.4, 0.5) is 0 Å². The van der Waals surface area contributed by atoms with E-state index in [1.54, 1.807) is 0 Å². The number of carbonyl (C=O) groups excluding carboxylic acids is 1. The Hall–Kier alpha value is -1.97. The molecule has 0 fully saturated rings. The number of rotatable bonds is 2. The number of aryl methyl sites for hydroxylation is 2. The van der Waals surface area contributed by atoms with E-state index in [2.05, 4.69) is 0 Å². The lowest BCUT2D eigenvalue weighted by Gasteiger charge is -2.09. The third-order valence-electron chi connectivity index (χ3n) is 3.89. The molecule has 0 bridgehead atoms. The molecule has 2 N–H and O–H groups in total. The summed E-state index contributed by atoms with van der Waals surface area (Å²) in [5.41, 5.74) is 9.70. The lowest BCUT2D eigenvalue weighted by molar-refractivity contribution is 0.0992. The summed E-state index contributed by atoms with van der Waals surface area (Å²) >= 11 is 12.2. The van der Waals surface area contributed by atoms with Crippen molar-refractivity contribution in [3.8, 4) is 11.1 Å². The smallest absolute Gasteiger partial charge is 0.265 e. The van der Waals surface area contributed by atoms with E-state index in [4.69, 9.17) is 28.9 Å². The summed E-state index contributed by atoms with van der Waals surface area (Å²) in [7, 11) is 1.84. The standard InChI is InChI=1S/C17H14Cl2N2O/c1-9-13-7-12(19)8-14(10-3-5-11(18)6-4-10)16(13)21(2)15(9)17(20)22/h3-8H,1-2H3,(H2,20,22). The molecule has 0 atom stereocenters. The van der Waals surface area contributed by atoms with Gasteiger partial charge in [0.25, 0.3) is 5.91 Å². The van der Waals surface area contributed by atoms with Gasteiger partial charge in [-0.05, 0) is 42.3 Å². The number of fused-ring (bicyclic) bond motifs is 1. The van der Waals surface area contributed by atoms with Crippen LogP contribution in [0.2, 0.25) is 10.0 Å². The van der Waals surface area contributed by atoms with Crippen LogP contribution in [0.3, 0.4) is 0 Å². The minimum absolute atomic E-state index is 0.450. The number of carbonyl (C=O) groups is 1. The molecule has 22 heavy (non-hydrogen) atoms. The van der Waals surface area contributed by atoms with Gasteiger partial charge in [0.15, 0.2) is 0 Å². The van der Waals surface area contributed by atoms with Crippen LogP contribution in [0.25, 0.3) is 22.0 Å². The van der Waals surface area contributed by atoms with Crippen molar-refractivity contribution < 1.29 is 4.79 Å². The Balaban J connectivity index is 2.42. The molecule has 112 valence electrons. The van der Waals surface area contributed by atoms with Crippen molar-refractivity contribution in [1.82, 2.24) is 4.57 Å². The Bertz CT molecular complexity index is 895. The number of nitrogens with two attached hydrogens (primary N) is 1. The number of halogens is 2. The van der Waals surface area contributed by atoms with Crippen LogP contribution in [0.5, 0.6) is 0 Å². The third-order valence-corrected chi connectivity index (χ3v) is 4.36.